The van der Waals surface area contributed by atoms with E-state index in [1.165, 1.54) is 11.1 Å². The second-order valence-corrected chi connectivity index (χ2v) is 4.92. The highest BCUT2D eigenvalue weighted by Crippen LogP contribution is 2.21. The minimum Gasteiger partial charge on any atom is -0.375 e. The van der Waals surface area contributed by atoms with E-state index in [2.05, 4.69) is 43.3 Å². The highest BCUT2D eigenvalue weighted by atomic mass is 16.5. The maximum absolute atomic E-state index is 6.32. The van der Waals surface area contributed by atoms with Gasteiger partial charge in [0.15, 0.2) is 0 Å². The Hall–Kier alpha value is -1.64. The molecule has 0 aromatic heterocycles. The van der Waals surface area contributed by atoms with Crippen LogP contribution in [-0.2, 0) is 11.2 Å². The number of rotatable bonds is 5. The van der Waals surface area contributed by atoms with E-state index in [-0.39, 0.29) is 12.1 Å². The van der Waals surface area contributed by atoms with Gasteiger partial charge >= 0.3 is 0 Å². The lowest BCUT2D eigenvalue weighted by Crippen LogP contribution is -2.31. The smallest absolute Gasteiger partial charge is 0.0975 e. The molecule has 0 radical (unpaired) electrons. The van der Waals surface area contributed by atoms with Crippen molar-refractivity contribution in [1.82, 2.24) is 0 Å². The standard InChI is InChI=1S/C17H21NO/c1-13-7-6-8-14(11-13)12-16(18)17(19-2)15-9-4-3-5-10-15/h3-11,16-17H,12,18H2,1-2H3. The fourth-order valence-corrected chi connectivity index (χ4v) is 2.42. The van der Waals surface area contributed by atoms with Crippen LogP contribution in [0, 0.1) is 6.92 Å². The summed E-state index contributed by atoms with van der Waals surface area (Å²) in [4.78, 5) is 0. The van der Waals surface area contributed by atoms with Crippen LogP contribution in [0.15, 0.2) is 54.6 Å². The Morgan fingerprint density at radius 2 is 1.79 bits per heavy atom. The molecule has 19 heavy (non-hydrogen) atoms. The third-order valence-corrected chi connectivity index (χ3v) is 3.32. The molecule has 0 aliphatic rings. The van der Waals surface area contributed by atoms with Crippen LogP contribution in [0.5, 0.6) is 0 Å². The van der Waals surface area contributed by atoms with Gasteiger partial charge in [-0.1, -0.05) is 60.2 Å². The summed E-state index contributed by atoms with van der Waals surface area (Å²) in [6.45, 7) is 2.10. The van der Waals surface area contributed by atoms with Gasteiger partial charge in [0, 0.05) is 13.2 Å². The van der Waals surface area contributed by atoms with Crippen LogP contribution in [0.3, 0.4) is 0 Å². The summed E-state index contributed by atoms with van der Waals surface area (Å²) < 4.78 is 5.58. The molecule has 0 saturated carbocycles. The molecular formula is C17H21NO. The molecule has 0 spiro atoms. The molecule has 0 fully saturated rings. The van der Waals surface area contributed by atoms with E-state index in [9.17, 15) is 0 Å². The normalized spacial score (nSPS) is 14.1. The number of methoxy groups -OCH3 is 1. The van der Waals surface area contributed by atoms with Crippen molar-refractivity contribution in [3.05, 3.63) is 71.3 Å². The molecule has 2 rings (SSSR count). The maximum atomic E-state index is 6.32. The van der Waals surface area contributed by atoms with Crippen molar-refractivity contribution in [2.24, 2.45) is 5.73 Å². The first-order chi connectivity index (χ1) is 9.20. The van der Waals surface area contributed by atoms with Gasteiger partial charge in [0.25, 0.3) is 0 Å². The van der Waals surface area contributed by atoms with Gasteiger partial charge in [-0.05, 0) is 24.5 Å². The number of benzene rings is 2. The minimum atomic E-state index is -0.0679. The number of aryl methyl sites for hydroxylation is 1. The Morgan fingerprint density at radius 1 is 1.05 bits per heavy atom. The molecule has 100 valence electrons. The van der Waals surface area contributed by atoms with E-state index < -0.39 is 0 Å². The molecule has 0 aliphatic heterocycles. The van der Waals surface area contributed by atoms with Crippen LogP contribution < -0.4 is 5.73 Å². The summed E-state index contributed by atoms with van der Waals surface area (Å²) in [6, 6.07) is 18.6. The first-order valence-corrected chi connectivity index (χ1v) is 6.59. The summed E-state index contributed by atoms with van der Waals surface area (Å²) in [5.74, 6) is 0. The number of ether oxygens (including phenoxy) is 1. The third-order valence-electron chi connectivity index (χ3n) is 3.32. The molecule has 2 N–H and O–H groups in total. The number of hydrogen-bond acceptors (Lipinski definition) is 2. The minimum absolute atomic E-state index is 0.0470. The Labute approximate surface area is 115 Å². The van der Waals surface area contributed by atoms with Crippen LogP contribution in [-0.4, -0.2) is 13.2 Å². The highest BCUT2D eigenvalue weighted by Gasteiger charge is 2.19. The monoisotopic (exact) mass is 255 g/mol. The van der Waals surface area contributed by atoms with Gasteiger partial charge in [0.1, 0.15) is 0 Å². The zero-order chi connectivity index (χ0) is 13.7. The quantitative estimate of drug-likeness (QED) is 0.890. The second kappa shape index (κ2) is 6.50. The Morgan fingerprint density at radius 3 is 2.42 bits per heavy atom. The van der Waals surface area contributed by atoms with Gasteiger partial charge in [-0.25, -0.2) is 0 Å². The Bertz CT molecular complexity index is 510. The van der Waals surface area contributed by atoms with Crippen LogP contribution in [0.1, 0.15) is 22.8 Å². The van der Waals surface area contributed by atoms with Gasteiger partial charge in [-0.15, -0.1) is 0 Å². The van der Waals surface area contributed by atoms with Crippen LogP contribution >= 0.6 is 0 Å². The molecule has 2 aromatic carbocycles. The van der Waals surface area contributed by atoms with Gasteiger partial charge in [0.2, 0.25) is 0 Å². The average molecular weight is 255 g/mol. The Kier molecular flexibility index (Phi) is 4.72. The summed E-state index contributed by atoms with van der Waals surface area (Å²) in [7, 11) is 1.72. The SMILES string of the molecule is COC(c1ccccc1)C(N)Cc1cccc(C)c1. The molecule has 0 amide bonds. The number of nitrogens with two attached hydrogens (primary N) is 1. The fraction of sp³-hybridized carbons (Fsp3) is 0.294. The van der Waals surface area contributed by atoms with Gasteiger partial charge in [-0.3, -0.25) is 0 Å². The van der Waals surface area contributed by atoms with E-state index in [4.69, 9.17) is 10.5 Å². The summed E-state index contributed by atoms with van der Waals surface area (Å²) in [5, 5.41) is 0. The van der Waals surface area contributed by atoms with Crippen LogP contribution in [0.4, 0.5) is 0 Å². The lowest BCUT2D eigenvalue weighted by atomic mass is 9.96. The molecule has 0 bridgehead atoms. The molecule has 2 aromatic rings. The van der Waals surface area contributed by atoms with Crippen molar-refractivity contribution in [2.45, 2.75) is 25.5 Å². The van der Waals surface area contributed by atoms with Crippen molar-refractivity contribution in [3.8, 4) is 0 Å². The summed E-state index contributed by atoms with van der Waals surface area (Å²) in [5.41, 5.74) is 9.96. The van der Waals surface area contributed by atoms with Crippen LogP contribution in [0.25, 0.3) is 0 Å². The second-order valence-electron chi connectivity index (χ2n) is 4.92. The fourth-order valence-electron chi connectivity index (χ4n) is 2.42. The predicted octanol–water partition coefficient (Wildman–Crippen LogP) is 3.25. The van der Waals surface area contributed by atoms with E-state index in [1.807, 2.05) is 18.2 Å². The van der Waals surface area contributed by atoms with E-state index in [1.54, 1.807) is 7.11 Å². The maximum Gasteiger partial charge on any atom is 0.0975 e. The summed E-state index contributed by atoms with van der Waals surface area (Å²) >= 11 is 0. The van der Waals surface area contributed by atoms with Crippen molar-refractivity contribution >= 4 is 0 Å². The molecule has 2 nitrogen and oxygen atoms in total. The zero-order valence-corrected chi connectivity index (χ0v) is 11.5. The van der Waals surface area contributed by atoms with Gasteiger partial charge in [0.05, 0.1) is 6.10 Å². The first kappa shape index (κ1) is 13.8. The number of hydrogen-bond donors (Lipinski definition) is 1. The predicted molar refractivity (Wildman–Crippen MR) is 79.1 cm³/mol. The van der Waals surface area contributed by atoms with Gasteiger partial charge in [-0.2, -0.15) is 0 Å². The highest BCUT2D eigenvalue weighted by molar-refractivity contribution is 5.25. The van der Waals surface area contributed by atoms with Crippen molar-refractivity contribution in [3.63, 3.8) is 0 Å². The van der Waals surface area contributed by atoms with Crippen LogP contribution in [0.2, 0.25) is 0 Å². The van der Waals surface area contributed by atoms with Gasteiger partial charge < -0.3 is 10.5 Å². The van der Waals surface area contributed by atoms with E-state index in [0.29, 0.717) is 0 Å². The molecule has 0 aliphatic carbocycles. The molecule has 0 heterocycles. The van der Waals surface area contributed by atoms with E-state index >= 15 is 0 Å². The third kappa shape index (κ3) is 3.66. The molecule has 2 heteroatoms. The largest absolute Gasteiger partial charge is 0.375 e. The zero-order valence-electron chi connectivity index (χ0n) is 11.5. The van der Waals surface area contributed by atoms with Crippen molar-refractivity contribution in [2.75, 3.05) is 7.11 Å². The molecular weight excluding hydrogens is 234 g/mol. The topological polar surface area (TPSA) is 35.2 Å². The lowest BCUT2D eigenvalue weighted by Gasteiger charge is -2.23. The first-order valence-electron chi connectivity index (χ1n) is 6.59. The average Bonchev–Trinajstić information content (AvgIpc) is 2.41. The van der Waals surface area contributed by atoms with Crippen molar-refractivity contribution < 1.29 is 4.74 Å². The molecule has 2 atom stereocenters. The van der Waals surface area contributed by atoms with E-state index in [0.717, 1.165) is 12.0 Å². The molecule has 0 saturated heterocycles. The summed E-state index contributed by atoms with van der Waals surface area (Å²) in [6.07, 6.45) is 0.747. The molecule has 2 unspecified atom stereocenters. The Balaban J connectivity index is 2.11. The van der Waals surface area contributed by atoms with Crippen molar-refractivity contribution in [1.29, 1.82) is 0 Å². The lowest BCUT2D eigenvalue weighted by molar-refractivity contribution is 0.0803.